The molecule has 45 heavy (non-hydrogen) atoms. The van der Waals surface area contributed by atoms with E-state index in [9.17, 15) is 14.4 Å². The number of carbonyl (C=O) groups is 3. The molecule has 2 amide bonds. The summed E-state index contributed by atoms with van der Waals surface area (Å²) >= 11 is 6.17. The van der Waals surface area contributed by atoms with E-state index in [2.05, 4.69) is 15.5 Å². The van der Waals surface area contributed by atoms with Gasteiger partial charge in [0.2, 0.25) is 0 Å². The fraction of sp³-hybridized carbons (Fsp3) is 0.273. The van der Waals surface area contributed by atoms with Crippen LogP contribution in [0.1, 0.15) is 42.4 Å². The molecule has 0 aliphatic carbocycles. The van der Waals surface area contributed by atoms with Crippen LogP contribution in [-0.2, 0) is 11.4 Å². The third kappa shape index (κ3) is 7.27. The maximum absolute atomic E-state index is 13.5. The monoisotopic (exact) mass is 631 g/mol. The summed E-state index contributed by atoms with van der Waals surface area (Å²) < 4.78 is 10.7. The van der Waals surface area contributed by atoms with Gasteiger partial charge in [-0.05, 0) is 55.0 Å². The lowest BCUT2D eigenvalue weighted by molar-refractivity contribution is 0.0230. The predicted octanol–water partition coefficient (Wildman–Crippen LogP) is 4.84. The quantitative estimate of drug-likeness (QED) is 0.273. The average molecular weight is 632 g/mol. The number of hydrogen-bond acceptors (Lipinski definition) is 9. The van der Waals surface area contributed by atoms with Crippen LogP contribution in [0.2, 0.25) is 5.02 Å². The van der Waals surface area contributed by atoms with Crippen molar-refractivity contribution in [2.24, 2.45) is 0 Å². The molecule has 1 fully saturated rings. The van der Waals surface area contributed by atoms with Gasteiger partial charge in [-0.3, -0.25) is 14.5 Å². The van der Waals surface area contributed by atoms with Crippen LogP contribution in [0.25, 0.3) is 11.3 Å². The van der Waals surface area contributed by atoms with Gasteiger partial charge in [0.15, 0.2) is 0 Å². The lowest BCUT2D eigenvalue weighted by atomic mass is 10.0. The minimum absolute atomic E-state index is 0.115. The molecular formula is C33H34ClN5O6. The first kappa shape index (κ1) is 31.6. The van der Waals surface area contributed by atoms with Crippen molar-refractivity contribution in [3.8, 4) is 17.0 Å². The zero-order chi connectivity index (χ0) is 32.1. The van der Waals surface area contributed by atoms with Crippen LogP contribution in [0.3, 0.4) is 0 Å². The molecule has 5 rings (SSSR count). The first-order valence-corrected chi connectivity index (χ1v) is 14.7. The van der Waals surface area contributed by atoms with E-state index in [-0.39, 0.29) is 5.91 Å². The largest absolute Gasteiger partial charge is 0.497 e. The molecule has 0 saturated carbocycles. The van der Waals surface area contributed by atoms with Gasteiger partial charge in [0.05, 0.1) is 23.4 Å². The van der Waals surface area contributed by atoms with Crippen molar-refractivity contribution in [1.29, 1.82) is 0 Å². The number of carbonyl (C=O) groups excluding carboxylic acids is 3. The zero-order valence-electron chi connectivity index (χ0n) is 25.5. The van der Waals surface area contributed by atoms with Gasteiger partial charge in [-0.2, -0.15) is 5.48 Å². The van der Waals surface area contributed by atoms with Gasteiger partial charge < -0.3 is 23.9 Å². The molecule has 1 aliphatic heterocycles. The van der Waals surface area contributed by atoms with Crippen molar-refractivity contribution < 1.29 is 28.5 Å². The number of piperazine rings is 1. The van der Waals surface area contributed by atoms with Crippen LogP contribution in [0.5, 0.6) is 5.75 Å². The third-order valence-corrected chi connectivity index (χ3v) is 7.92. The van der Waals surface area contributed by atoms with E-state index < -0.39 is 11.9 Å². The Bertz CT molecular complexity index is 1700. The van der Waals surface area contributed by atoms with Crippen molar-refractivity contribution in [2.45, 2.75) is 13.5 Å². The van der Waals surface area contributed by atoms with Crippen molar-refractivity contribution in [2.75, 3.05) is 52.3 Å². The fourth-order valence-corrected chi connectivity index (χ4v) is 5.36. The number of nitrogens with one attached hydrogen (secondary N) is 1. The van der Waals surface area contributed by atoms with E-state index in [1.807, 2.05) is 55.4 Å². The minimum Gasteiger partial charge on any atom is -0.497 e. The number of hydrogen-bond donors (Lipinski definition) is 1. The topological polar surface area (TPSA) is 117 Å². The first-order chi connectivity index (χ1) is 21.6. The Morgan fingerprint density at radius 3 is 2.38 bits per heavy atom. The van der Waals surface area contributed by atoms with E-state index >= 15 is 0 Å². The highest BCUT2D eigenvalue weighted by Crippen LogP contribution is 2.29. The Kier molecular flexibility index (Phi) is 9.70. The summed E-state index contributed by atoms with van der Waals surface area (Å²) in [4.78, 5) is 49.5. The average Bonchev–Trinajstić information content (AvgIpc) is 3.45. The summed E-state index contributed by atoms with van der Waals surface area (Å²) in [6.45, 7) is 4.86. The smallest absolute Gasteiger partial charge is 0.362 e. The summed E-state index contributed by atoms with van der Waals surface area (Å²) in [5, 5.41) is 4.67. The number of amides is 2. The number of anilines is 1. The molecule has 234 valence electrons. The van der Waals surface area contributed by atoms with Gasteiger partial charge in [0.1, 0.15) is 22.8 Å². The van der Waals surface area contributed by atoms with E-state index in [4.69, 9.17) is 25.7 Å². The molecule has 11 nitrogen and oxygen atoms in total. The molecule has 0 spiro atoms. The number of methoxy groups -OCH3 is 1. The number of rotatable bonds is 8. The van der Waals surface area contributed by atoms with Crippen LogP contribution in [0.15, 0.2) is 71.3 Å². The SMILES string of the molecule is COc1cccc(-c2noc(C)c2C(=O)N2CCN(Cc3ccc(C(=O)ONC(=O)c4ccc(Cl)c(N(C)C)c4)cc3)CC2)c1. The Labute approximate surface area is 266 Å². The van der Waals surface area contributed by atoms with Gasteiger partial charge in [0, 0.05) is 57.9 Å². The first-order valence-electron chi connectivity index (χ1n) is 14.3. The summed E-state index contributed by atoms with van der Waals surface area (Å²) in [6, 6.07) is 19.2. The van der Waals surface area contributed by atoms with E-state index in [0.717, 1.165) is 11.1 Å². The third-order valence-electron chi connectivity index (χ3n) is 7.60. The maximum atomic E-state index is 13.5. The normalized spacial score (nSPS) is 13.3. The molecule has 12 heteroatoms. The standard InChI is InChI=1S/C33H34ClN5O6/c1-21-29(30(35-44-21)24-6-5-7-26(18-24)43-4)32(41)39-16-14-38(15-17-39)20-22-8-10-23(11-9-22)33(42)45-36-31(40)25-12-13-27(34)28(19-25)37(2)3/h5-13,18-19H,14-17,20H2,1-4H3,(H,36,40). The lowest BCUT2D eigenvalue weighted by Crippen LogP contribution is -2.48. The summed E-state index contributed by atoms with van der Waals surface area (Å²) in [6.07, 6.45) is 0. The molecule has 0 atom stereocenters. The second-order valence-corrected chi connectivity index (χ2v) is 11.2. The minimum atomic E-state index is -0.679. The molecule has 4 aromatic rings. The molecular weight excluding hydrogens is 598 g/mol. The van der Waals surface area contributed by atoms with E-state index in [0.29, 0.717) is 77.3 Å². The molecule has 1 saturated heterocycles. The highest BCUT2D eigenvalue weighted by Gasteiger charge is 2.29. The molecule has 0 bridgehead atoms. The Balaban J connectivity index is 1.13. The van der Waals surface area contributed by atoms with Gasteiger partial charge in [-0.1, -0.05) is 41.0 Å². The van der Waals surface area contributed by atoms with E-state index in [1.54, 1.807) is 49.3 Å². The highest BCUT2D eigenvalue weighted by atomic mass is 35.5. The number of aryl methyl sites for hydroxylation is 1. The van der Waals surface area contributed by atoms with Gasteiger partial charge in [0.25, 0.3) is 11.8 Å². The molecule has 1 aromatic heterocycles. The number of halogens is 1. The van der Waals surface area contributed by atoms with Crippen molar-refractivity contribution in [3.05, 3.63) is 99.8 Å². The van der Waals surface area contributed by atoms with Crippen LogP contribution in [0, 0.1) is 6.92 Å². The van der Waals surface area contributed by atoms with E-state index in [1.165, 1.54) is 0 Å². The molecule has 1 aliphatic rings. The van der Waals surface area contributed by atoms with Crippen molar-refractivity contribution >= 4 is 35.1 Å². The Morgan fingerprint density at radius 1 is 0.978 bits per heavy atom. The summed E-state index contributed by atoms with van der Waals surface area (Å²) in [5.41, 5.74) is 6.20. The summed E-state index contributed by atoms with van der Waals surface area (Å²) in [7, 11) is 5.22. The highest BCUT2D eigenvalue weighted by molar-refractivity contribution is 6.33. The molecule has 2 heterocycles. The molecule has 1 N–H and O–H groups in total. The van der Waals surface area contributed by atoms with Crippen LogP contribution >= 0.6 is 11.6 Å². The van der Waals surface area contributed by atoms with Gasteiger partial charge >= 0.3 is 5.97 Å². The summed E-state index contributed by atoms with van der Waals surface area (Å²) in [5.74, 6) is -0.212. The lowest BCUT2D eigenvalue weighted by Gasteiger charge is -2.34. The van der Waals surface area contributed by atoms with Crippen LogP contribution in [0.4, 0.5) is 5.69 Å². The number of hydroxylamine groups is 1. The Hall–Kier alpha value is -4.87. The van der Waals surface area contributed by atoms with Crippen LogP contribution in [-0.4, -0.2) is 80.1 Å². The fourth-order valence-electron chi connectivity index (χ4n) is 5.07. The Morgan fingerprint density at radius 2 is 1.69 bits per heavy atom. The number of benzene rings is 3. The second-order valence-electron chi connectivity index (χ2n) is 10.8. The van der Waals surface area contributed by atoms with Crippen molar-refractivity contribution in [3.63, 3.8) is 0 Å². The van der Waals surface area contributed by atoms with Gasteiger partial charge in [-0.15, -0.1) is 0 Å². The second kappa shape index (κ2) is 13.8. The number of nitrogens with zero attached hydrogens (tertiary/aromatic N) is 4. The molecule has 0 radical (unpaired) electrons. The number of ether oxygens (including phenoxy) is 1. The molecule has 3 aromatic carbocycles. The predicted molar refractivity (Wildman–Crippen MR) is 170 cm³/mol. The number of aromatic nitrogens is 1. The molecule has 0 unspecified atom stereocenters. The zero-order valence-corrected chi connectivity index (χ0v) is 26.3. The maximum Gasteiger partial charge on any atom is 0.362 e. The van der Waals surface area contributed by atoms with Crippen LogP contribution < -0.4 is 15.1 Å². The van der Waals surface area contributed by atoms with Gasteiger partial charge in [-0.25, -0.2) is 4.79 Å². The van der Waals surface area contributed by atoms with Crippen molar-refractivity contribution in [1.82, 2.24) is 20.4 Å².